The number of nitrogens with two attached hydrogens (primary N) is 1. The van der Waals surface area contributed by atoms with E-state index in [1.54, 1.807) is 6.20 Å². The molecule has 0 unspecified atom stereocenters. The van der Waals surface area contributed by atoms with E-state index in [1.807, 2.05) is 0 Å². The number of piperidine rings is 1. The fourth-order valence-corrected chi connectivity index (χ4v) is 2.97. The summed E-state index contributed by atoms with van der Waals surface area (Å²) in [7, 11) is 0. The normalized spacial score (nSPS) is 16.8. The van der Waals surface area contributed by atoms with Gasteiger partial charge in [-0.05, 0) is 18.8 Å². The van der Waals surface area contributed by atoms with Crippen LogP contribution >= 0.6 is 0 Å². The third-order valence-corrected chi connectivity index (χ3v) is 4.03. The minimum atomic E-state index is 0.424. The molecule has 0 bridgehead atoms. The smallest absolute Gasteiger partial charge is 0.241 e. The monoisotopic (exact) mass is 275 g/mol. The van der Waals surface area contributed by atoms with E-state index in [9.17, 15) is 0 Å². The summed E-state index contributed by atoms with van der Waals surface area (Å²) >= 11 is 0. The van der Waals surface area contributed by atoms with E-state index < -0.39 is 0 Å². The van der Waals surface area contributed by atoms with Gasteiger partial charge in [0.15, 0.2) is 5.65 Å². The van der Waals surface area contributed by atoms with Gasteiger partial charge in [0.05, 0.1) is 11.6 Å². The molecule has 20 heavy (non-hydrogen) atoms. The molecular formula is C13H21N7. The number of aromatic amines is 1. The highest BCUT2D eigenvalue weighted by Gasteiger charge is 2.22. The molecule has 4 N–H and O–H groups in total. The first-order valence-electron chi connectivity index (χ1n) is 7.24. The van der Waals surface area contributed by atoms with E-state index in [2.05, 4.69) is 37.4 Å². The Kier molecular flexibility index (Phi) is 3.68. The van der Waals surface area contributed by atoms with Crippen LogP contribution in [0, 0.1) is 5.92 Å². The molecule has 2 aromatic rings. The van der Waals surface area contributed by atoms with Crippen LogP contribution in [0.4, 0.5) is 11.8 Å². The maximum Gasteiger partial charge on any atom is 0.241 e. The van der Waals surface area contributed by atoms with Crippen LogP contribution in [-0.4, -0.2) is 33.3 Å². The first-order chi connectivity index (χ1) is 9.81. The number of hydrogen-bond donors (Lipinski definition) is 3. The molecule has 0 amide bonds. The second-order valence-electron chi connectivity index (χ2n) is 5.37. The van der Waals surface area contributed by atoms with Gasteiger partial charge in [-0.25, -0.2) is 5.84 Å². The molecule has 1 fully saturated rings. The quantitative estimate of drug-likeness (QED) is 0.580. The fraction of sp³-hybridized carbons (Fsp3) is 0.615. The first-order valence-corrected chi connectivity index (χ1v) is 7.24. The molecule has 1 aliphatic rings. The maximum absolute atomic E-state index is 5.44. The molecule has 0 saturated carbocycles. The lowest BCUT2D eigenvalue weighted by atomic mass is 9.92. The van der Waals surface area contributed by atoms with Gasteiger partial charge < -0.3 is 4.90 Å². The fourth-order valence-electron chi connectivity index (χ4n) is 2.97. The number of aromatic nitrogens is 4. The number of anilines is 2. The number of rotatable bonds is 4. The van der Waals surface area contributed by atoms with Gasteiger partial charge in [0, 0.05) is 13.1 Å². The number of nitrogens with one attached hydrogen (secondary N) is 2. The van der Waals surface area contributed by atoms with Crippen molar-refractivity contribution in [3.05, 3.63) is 6.20 Å². The summed E-state index contributed by atoms with van der Waals surface area (Å²) in [5, 5.41) is 7.89. The van der Waals surface area contributed by atoms with Crippen molar-refractivity contribution in [3.63, 3.8) is 0 Å². The highest BCUT2D eigenvalue weighted by molar-refractivity contribution is 5.87. The summed E-state index contributed by atoms with van der Waals surface area (Å²) in [6, 6.07) is 0. The zero-order valence-corrected chi connectivity index (χ0v) is 11.8. The van der Waals surface area contributed by atoms with Crippen LogP contribution in [0.3, 0.4) is 0 Å². The number of nitrogen functional groups attached to an aromatic ring is 1. The lowest BCUT2D eigenvalue weighted by Gasteiger charge is -2.33. The summed E-state index contributed by atoms with van der Waals surface area (Å²) in [4.78, 5) is 11.1. The second-order valence-corrected chi connectivity index (χ2v) is 5.37. The Morgan fingerprint density at radius 2 is 2.20 bits per heavy atom. The Morgan fingerprint density at radius 3 is 2.90 bits per heavy atom. The van der Waals surface area contributed by atoms with Gasteiger partial charge in [-0.3, -0.25) is 10.5 Å². The zero-order chi connectivity index (χ0) is 13.9. The average Bonchev–Trinajstić information content (AvgIpc) is 2.95. The van der Waals surface area contributed by atoms with Gasteiger partial charge >= 0.3 is 0 Å². The summed E-state index contributed by atoms with van der Waals surface area (Å²) in [5.41, 5.74) is 3.24. The predicted octanol–water partition coefficient (Wildman–Crippen LogP) is 1.65. The predicted molar refractivity (Wildman–Crippen MR) is 79.3 cm³/mol. The molecule has 3 heterocycles. The van der Waals surface area contributed by atoms with Crippen molar-refractivity contribution in [1.82, 2.24) is 20.2 Å². The Bertz CT molecular complexity index is 571. The Morgan fingerprint density at radius 1 is 1.40 bits per heavy atom. The lowest BCUT2D eigenvalue weighted by molar-refractivity contribution is 0.378. The molecule has 0 aliphatic carbocycles. The van der Waals surface area contributed by atoms with Crippen LogP contribution in [0.25, 0.3) is 11.0 Å². The molecule has 0 spiro atoms. The summed E-state index contributed by atoms with van der Waals surface area (Å²) < 4.78 is 0. The number of H-pyrrole nitrogens is 1. The summed E-state index contributed by atoms with van der Waals surface area (Å²) in [6.07, 6.45) is 6.83. The van der Waals surface area contributed by atoms with Crippen LogP contribution in [0.2, 0.25) is 0 Å². The van der Waals surface area contributed by atoms with E-state index in [4.69, 9.17) is 5.84 Å². The topological polar surface area (TPSA) is 95.8 Å². The first kappa shape index (κ1) is 13.1. The molecule has 0 atom stereocenters. The minimum absolute atomic E-state index is 0.424. The van der Waals surface area contributed by atoms with Crippen LogP contribution in [0.5, 0.6) is 0 Å². The molecular weight excluding hydrogens is 254 g/mol. The molecule has 0 radical (unpaired) electrons. The van der Waals surface area contributed by atoms with E-state index in [0.717, 1.165) is 35.9 Å². The minimum Gasteiger partial charge on any atom is -0.356 e. The number of hydrazine groups is 1. The van der Waals surface area contributed by atoms with Gasteiger partial charge in [-0.1, -0.05) is 19.8 Å². The number of fused-ring (bicyclic) bond motifs is 1. The van der Waals surface area contributed by atoms with E-state index in [0.29, 0.717) is 5.95 Å². The van der Waals surface area contributed by atoms with E-state index in [1.165, 1.54) is 25.7 Å². The summed E-state index contributed by atoms with van der Waals surface area (Å²) in [6.45, 7) is 4.32. The molecule has 7 heteroatoms. The van der Waals surface area contributed by atoms with Crippen LogP contribution in [0.15, 0.2) is 6.20 Å². The van der Waals surface area contributed by atoms with Crippen molar-refractivity contribution < 1.29 is 0 Å². The Labute approximate surface area is 117 Å². The maximum atomic E-state index is 5.44. The summed E-state index contributed by atoms with van der Waals surface area (Å²) in [5.74, 6) is 7.64. The van der Waals surface area contributed by atoms with E-state index >= 15 is 0 Å². The molecule has 1 saturated heterocycles. The molecule has 1 aliphatic heterocycles. The zero-order valence-electron chi connectivity index (χ0n) is 11.8. The highest BCUT2D eigenvalue weighted by Crippen LogP contribution is 2.29. The van der Waals surface area contributed by atoms with Gasteiger partial charge in [0.1, 0.15) is 5.82 Å². The number of nitrogens with zero attached hydrogens (tertiary/aromatic N) is 4. The van der Waals surface area contributed by atoms with E-state index in [-0.39, 0.29) is 0 Å². The standard InChI is InChI=1S/C13H21N7/c1-2-3-9-4-6-20(7-5-9)12-10-8-15-19-11(10)16-13(17-12)18-14/h8-9H,2-7,14H2,1H3,(H2,15,16,17,18,19). The molecule has 2 aromatic heterocycles. The molecule has 0 aromatic carbocycles. The molecule has 7 nitrogen and oxygen atoms in total. The Hall–Kier alpha value is -1.89. The highest BCUT2D eigenvalue weighted by atomic mass is 15.3. The van der Waals surface area contributed by atoms with Gasteiger partial charge in [-0.15, -0.1) is 0 Å². The van der Waals surface area contributed by atoms with Crippen molar-refractivity contribution in [2.75, 3.05) is 23.4 Å². The Balaban J connectivity index is 1.85. The lowest BCUT2D eigenvalue weighted by Crippen LogP contribution is -2.34. The van der Waals surface area contributed by atoms with Gasteiger partial charge in [0.2, 0.25) is 5.95 Å². The van der Waals surface area contributed by atoms with Crippen LogP contribution < -0.4 is 16.2 Å². The van der Waals surface area contributed by atoms with Gasteiger partial charge in [-0.2, -0.15) is 15.1 Å². The largest absolute Gasteiger partial charge is 0.356 e. The molecule has 108 valence electrons. The van der Waals surface area contributed by atoms with Crippen molar-refractivity contribution in [1.29, 1.82) is 0 Å². The van der Waals surface area contributed by atoms with Crippen LogP contribution in [0.1, 0.15) is 32.6 Å². The molecule has 3 rings (SSSR count). The van der Waals surface area contributed by atoms with Crippen LogP contribution in [-0.2, 0) is 0 Å². The number of hydrogen-bond acceptors (Lipinski definition) is 6. The van der Waals surface area contributed by atoms with Crippen molar-refractivity contribution in [2.24, 2.45) is 11.8 Å². The van der Waals surface area contributed by atoms with Crippen molar-refractivity contribution >= 4 is 22.8 Å². The second kappa shape index (κ2) is 5.62. The SMILES string of the molecule is CCCC1CCN(c2nc(NN)nc3[nH]ncc23)CC1. The average molecular weight is 275 g/mol. The third kappa shape index (κ3) is 2.40. The van der Waals surface area contributed by atoms with Crippen molar-refractivity contribution in [3.8, 4) is 0 Å². The van der Waals surface area contributed by atoms with Gasteiger partial charge in [0.25, 0.3) is 0 Å². The van der Waals surface area contributed by atoms with Crippen molar-refractivity contribution in [2.45, 2.75) is 32.6 Å². The third-order valence-electron chi connectivity index (χ3n) is 4.03.